The van der Waals surface area contributed by atoms with Crippen molar-refractivity contribution in [1.29, 1.82) is 0 Å². The lowest BCUT2D eigenvalue weighted by atomic mass is 10.3. The lowest BCUT2D eigenvalue weighted by Crippen LogP contribution is -2.33. The van der Waals surface area contributed by atoms with Crippen LogP contribution in [0.3, 0.4) is 0 Å². The van der Waals surface area contributed by atoms with Gasteiger partial charge in [0.1, 0.15) is 6.61 Å². The third-order valence-corrected chi connectivity index (χ3v) is 4.40. The van der Waals surface area contributed by atoms with Crippen molar-refractivity contribution in [3.8, 4) is 5.75 Å². The monoisotopic (exact) mass is 305 g/mol. The Kier molecular flexibility index (Phi) is 5.90. The number of carboxylic acid groups (broad SMARTS) is 1. The molecule has 0 saturated heterocycles. The predicted molar refractivity (Wildman–Crippen MR) is 70.6 cm³/mol. The van der Waals surface area contributed by atoms with E-state index in [4.69, 9.17) is 9.84 Å². The molecule has 0 aromatic heterocycles. The lowest BCUT2D eigenvalue weighted by Gasteiger charge is -2.17. The number of carboxylic acids is 1. The summed E-state index contributed by atoms with van der Waals surface area (Å²) in [5, 5.41) is 8.46. The van der Waals surface area contributed by atoms with Crippen LogP contribution in [-0.2, 0) is 14.8 Å². The number of halogens is 1. The second kappa shape index (κ2) is 7.20. The maximum Gasteiger partial charge on any atom is 0.304 e. The van der Waals surface area contributed by atoms with Gasteiger partial charge in [-0.25, -0.2) is 17.1 Å². The molecule has 0 spiro atoms. The van der Waals surface area contributed by atoms with Crippen molar-refractivity contribution in [3.05, 3.63) is 30.1 Å². The van der Waals surface area contributed by atoms with Gasteiger partial charge in [0.2, 0.25) is 10.0 Å². The van der Waals surface area contributed by atoms with Crippen LogP contribution in [0.2, 0.25) is 0 Å². The van der Waals surface area contributed by atoms with Gasteiger partial charge in [-0.3, -0.25) is 4.79 Å². The van der Waals surface area contributed by atoms with Crippen molar-refractivity contribution in [2.45, 2.75) is 6.42 Å². The Bertz CT molecular complexity index is 561. The van der Waals surface area contributed by atoms with Crippen molar-refractivity contribution in [2.24, 2.45) is 0 Å². The number of para-hydroxylation sites is 1. The molecule has 0 heterocycles. The molecule has 1 aromatic rings. The number of benzene rings is 1. The van der Waals surface area contributed by atoms with E-state index in [1.165, 1.54) is 25.2 Å². The average Bonchev–Trinajstić information content (AvgIpc) is 2.38. The highest BCUT2D eigenvalue weighted by Crippen LogP contribution is 2.15. The van der Waals surface area contributed by atoms with E-state index in [2.05, 4.69) is 0 Å². The fourth-order valence-corrected chi connectivity index (χ4v) is 2.45. The summed E-state index contributed by atoms with van der Waals surface area (Å²) < 4.78 is 42.7. The molecule has 8 heteroatoms. The minimum absolute atomic E-state index is 0.0102. The summed E-state index contributed by atoms with van der Waals surface area (Å²) in [6.45, 7) is -0.0139. The molecule has 0 aliphatic rings. The molecular formula is C12H16FNO5S. The van der Waals surface area contributed by atoms with Gasteiger partial charge in [0.15, 0.2) is 11.6 Å². The normalized spacial score (nSPS) is 11.6. The number of sulfonamides is 1. The highest BCUT2D eigenvalue weighted by atomic mass is 32.2. The molecule has 1 aromatic carbocycles. The van der Waals surface area contributed by atoms with Gasteiger partial charge in [0.05, 0.1) is 12.2 Å². The van der Waals surface area contributed by atoms with Crippen LogP contribution in [0.25, 0.3) is 0 Å². The van der Waals surface area contributed by atoms with Crippen LogP contribution >= 0.6 is 0 Å². The first kappa shape index (κ1) is 16.4. The van der Waals surface area contributed by atoms with E-state index < -0.39 is 34.0 Å². The largest absolute Gasteiger partial charge is 0.489 e. The summed E-state index contributed by atoms with van der Waals surface area (Å²) in [5.41, 5.74) is 0. The van der Waals surface area contributed by atoms with Crippen molar-refractivity contribution in [1.82, 2.24) is 4.31 Å². The maximum atomic E-state index is 13.2. The molecule has 0 bridgehead atoms. The molecule has 0 radical (unpaired) electrons. The molecule has 0 aliphatic carbocycles. The van der Waals surface area contributed by atoms with Gasteiger partial charge in [-0.2, -0.15) is 0 Å². The van der Waals surface area contributed by atoms with Gasteiger partial charge >= 0.3 is 5.97 Å². The third-order valence-electron chi connectivity index (χ3n) is 2.55. The molecule has 1 rings (SSSR count). The van der Waals surface area contributed by atoms with E-state index in [-0.39, 0.29) is 18.9 Å². The minimum Gasteiger partial charge on any atom is -0.489 e. The van der Waals surface area contributed by atoms with Crippen LogP contribution < -0.4 is 4.74 Å². The second-order valence-electron chi connectivity index (χ2n) is 4.06. The van der Waals surface area contributed by atoms with Gasteiger partial charge in [0.25, 0.3) is 0 Å². The minimum atomic E-state index is -3.64. The number of hydrogen-bond acceptors (Lipinski definition) is 4. The molecular weight excluding hydrogens is 289 g/mol. The SMILES string of the molecule is CN(CCOc1ccccc1F)S(=O)(=O)CCC(=O)O. The van der Waals surface area contributed by atoms with Crippen LogP contribution in [0.4, 0.5) is 4.39 Å². The summed E-state index contributed by atoms with van der Waals surface area (Å²) in [7, 11) is -2.32. The average molecular weight is 305 g/mol. The topological polar surface area (TPSA) is 83.9 Å². The summed E-state index contributed by atoms with van der Waals surface area (Å²) >= 11 is 0. The Labute approximate surface area is 116 Å². The Balaban J connectivity index is 2.45. The number of likely N-dealkylation sites (N-methyl/N-ethyl adjacent to an activating group) is 1. The quantitative estimate of drug-likeness (QED) is 0.773. The van der Waals surface area contributed by atoms with Gasteiger partial charge in [-0.05, 0) is 12.1 Å². The van der Waals surface area contributed by atoms with E-state index in [1.54, 1.807) is 6.07 Å². The Hall–Kier alpha value is -1.67. The Morgan fingerprint density at radius 1 is 1.40 bits per heavy atom. The van der Waals surface area contributed by atoms with Crippen LogP contribution in [0.5, 0.6) is 5.75 Å². The summed E-state index contributed by atoms with van der Waals surface area (Å²) in [4.78, 5) is 10.4. The zero-order chi connectivity index (χ0) is 15.2. The van der Waals surface area contributed by atoms with Crippen LogP contribution in [-0.4, -0.2) is 49.8 Å². The lowest BCUT2D eigenvalue weighted by molar-refractivity contribution is -0.136. The molecule has 0 atom stereocenters. The first-order chi connectivity index (χ1) is 9.33. The van der Waals surface area contributed by atoms with Gasteiger partial charge in [-0.15, -0.1) is 0 Å². The number of carbonyl (C=O) groups is 1. The molecule has 0 unspecified atom stereocenters. The van der Waals surface area contributed by atoms with E-state index in [9.17, 15) is 17.6 Å². The predicted octanol–water partition coefficient (Wildman–Crippen LogP) is 0.941. The molecule has 1 N–H and O–H groups in total. The number of aliphatic carboxylic acids is 1. The van der Waals surface area contributed by atoms with Crippen LogP contribution in [0.15, 0.2) is 24.3 Å². The number of hydrogen-bond donors (Lipinski definition) is 1. The molecule has 0 saturated carbocycles. The maximum absolute atomic E-state index is 13.2. The number of rotatable bonds is 8. The second-order valence-corrected chi connectivity index (χ2v) is 6.26. The van der Waals surface area contributed by atoms with Crippen LogP contribution in [0, 0.1) is 5.82 Å². The Morgan fingerprint density at radius 3 is 2.65 bits per heavy atom. The van der Waals surface area contributed by atoms with Gasteiger partial charge < -0.3 is 9.84 Å². The van der Waals surface area contributed by atoms with E-state index in [0.29, 0.717) is 0 Å². The van der Waals surface area contributed by atoms with Crippen molar-refractivity contribution in [3.63, 3.8) is 0 Å². The summed E-state index contributed by atoms with van der Waals surface area (Å²) in [6, 6.07) is 5.80. The first-order valence-corrected chi connectivity index (χ1v) is 7.47. The van der Waals surface area contributed by atoms with Gasteiger partial charge in [-0.1, -0.05) is 12.1 Å². The smallest absolute Gasteiger partial charge is 0.304 e. The Morgan fingerprint density at radius 2 is 2.05 bits per heavy atom. The van der Waals surface area contributed by atoms with E-state index in [0.717, 1.165) is 4.31 Å². The zero-order valence-corrected chi connectivity index (χ0v) is 11.8. The number of ether oxygens (including phenoxy) is 1. The highest BCUT2D eigenvalue weighted by molar-refractivity contribution is 7.89. The molecule has 0 aliphatic heterocycles. The summed E-state index contributed by atoms with van der Waals surface area (Å²) in [6.07, 6.45) is -0.457. The first-order valence-electron chi connectivity index (χ1n) is 5.86. The number of nitrogens with zero attached hydrogens (tertiary/aromatic N) is 1. The van der Waals surface area contributed by atoms with E-state index >= 15 is 0 Å². The third kappa shape index (κ3) is 5.14. The highest BCUT2D eigenvalue weighted by Gasteiger charge is 2.19. The molecule has 6 nitrogen and oxygen atoms in total. The summed E-state index contributed by atoms with van der Waals surface area (Å²) in [5.74, 6) is -2.13. The van der Waals surface area contributed by atoms with Gasteiger partial charge in [0, 0.05) is 13.6 Å². The van der Waals surface area contributed by atoms with Crippen molar-refractivity contribution >= 4 is 16.0 Å². The molecule has 20 heavy (non-hydrogen) atoms. The zero-order valence-electron chi connectivity index (χ0n) is 11.0. The van der Waals surface area contributed by atoms with Crippen LogP contribution in [0.1, 0.15) is 6.42 Å². The standard InChI is InChI=1S/C12H16FNO5S/c1-14(20(17,18)9-6-12(15)16)7-8-19-11-5-3-2-4-10(11)13/h2-5H,6-9H2,1H3,(H,15,16). The van der Waals surface area contributed by atoms with Crippen molar-refractivity contribution < 1.29 is 27.4 Å². The fourth-order valence-electron chi connectivity index (χ4n) is 1.36. The van der Waals surface area contributed by atoms with E-state index in [1.807, 2.05) is 0 Å². The molecule has 0 fully saturated rings. The van der Waals surface area contributed by atoms with Crippen molar-refractivity contribution in [2.75, 3.05) is 26.0 Å². The molecule has 112 valence electrons. The fraction of sp³-hybridized carbons (Fsp3) is 0.417. The molecule has 0 amide bonds.